The van der Waals surface area contributed by atoms with E-state index >= 15 is 0 Å². The highest BCUT2D eigenvalue weighted by molar-refractivity contribution is 14.0. The molecule has 1 saturated heterocycles. The van der Waals surface area contributed by atoms with Crippen LogP contribution in [-0.4, -0.2) is 69.7 Å². The summed E-state index contributed by atoms with van der Waals surface area (Å²) in [5.41, 5.74) is 0. The standard InChI is InChI=1S/C18H27F2N5O2.HI/c1-21-17(26)12-25-8-5-13(6-9-25)24-18(22-2)23-7-10-27-14-3-4-15(19)16(20)11-14;/h3-4,11,13H,5-10,12H2,1-2H3,(H,21,26)(H2,22,23,24);1H. The van der Waals surface area contributed by atoms with Crippen molar-refractivity contribution in [1.29, 1.82) is 0 Å². The molecule has 1 aliphatic rings. The molecule has 0 radical (unpaired) electrons. The van der Waals surface area contributed by atoms with Crippen LogP contribution in [0.1, 0.15) is 12.8 Å². The minimum absolute atomic E-state index is 0. The molecule has 1 aromatic carbocycles. The second-order valence-electron chi connectivity index (χ2n) is 6.29. The lowest BCUT2D eigenvalue weighted by Gasteiger charge is -2.32. The molecule has 0 unspecified atom stereocenters. The fraction of sp³-hybridized carbons (Fsp3) is 0.556. The molecule has 10 heteroatoms. The molecule has 28 heavy (non-hydrogen) atoms. The number of likely N-dealkylation sites (N-methyl/N-ethyl adjacent to an activating group) is 1. The summed E-state index contributed by atoms with van der Waals surface area (Å²) < 4.78 is 31.4. The molecule has 1 fully saturated rings. The molecule has 7 nitrogen and oxygen atoms in total. The van der Waals surface area contributed by atoms with Crippen LogP contribution in [0, 0.1) is 11.6 Å². The highest BCUT2D eigenvalue weighted by Gasteiger charge is 2.21. The summed E-state index contributed by atoms with van der Waals surface area (Å²) in [5, 5.41) is 9.12. The van der Waals surface area contributed by atoms with Gasteiger partial charge in [0.1, 0.15) is 12.4 Å². The van der Waals surface area contributed by atoms with E-state index in [-0.39, 0.29) is 48.3 Å². The number of piperidine rings is 1. The Balaban J connectivity index is 0.00000392. The predicted octanol–water partition coefficient (Wildman–Crippen LogP) is 1.34. The van der Waals surface area contributed by atoms with Crippen molar-refractivity contribution in [3.05, 3.63) is 29.8 Å². The van der Waals surface area contributed by atoms with Gasteiger partial charge in [0, 0.05) is 39.3 Å². The van der Waals surface area contributed by atoms with E-state index in [0.717, 1.165) is 38.1 Å². The van der Waals surface area contributed by atoms with E-state index in [2.05, 4.69) is 25.8 Å². The zero-order chi connectivity index (χ0) is 19.6. The number of hydrogen-bond donors (Lipinski definition) is 3. The molecular formula is C18H28F2IN5O2. The van der Waals surface area contributed by atoms with Crippen LogP contribution in [0.15, 0.2) is 23.2 Å². The highest BCUT2D eigenvalue weighted by atomic mass is 127. The van der Waals surface area contributed by atoms with Crippen LogP contribution in [0.5, 0.6) is 5.75 Å². The Hall–Kier alpha value is -1.69. The maximum absolute atomic E-state index is 13.1. The third-order valence-corrected chi connectivity index (χ3v) is 4.35. The number of guanidine groups is 1. The van der Waals surface area contributed by atoms with Gasteiger partial charge in [-0.15, -0.1) is 24.0 Å². The van der Waals surface area contributed by atoms with Crippen LogP contribution in [0.4, 0.5) is 8.78 Å². The molecule has 0 bridgehead atoms. The van der Waals surface area contributed by atoms with Gasteiger partial charge in [0.15, 0.2) is 17.6 Å². The first-order chi connectivity index (χ1) is 13.0. The molecule has 0 aromatic heterocycles. The molecule has 0 spiro atoms. The first-order valence-electron chi connectivity index (χ1n) is 8.99. The van der Waals surface area contributed by atoms with Crippen molar-refractivity contribution in [2.75, 3.05) is 46.9 Å². The number of amides is 1. The number of nitrogens with zero attached hydrogens (tertiary/aromatic N) is 2. The topological polar surface area (TPSA) is 78.0 Å². The van der Waals surface area contributed by atoms with Gasteiger partial charge in [-0.05, 0) is 25.0 Å². The van der Waals surface area contributed by atoms with Gasteiger partial charge >= 0.3 is 0 Å². The molecule has 1 amide bonds. The highest BCUT2D eigenvalue weighted by Crippen LogP contribution is 2.15. The molecule has 1 aliphatic heterocycles. The van der Waals surface area contributed by atoms with Gasteiger partial charge in [-0.3, -0.25) is 14.7 Å². The summed E-state index contributed by atoms with van der Waals surface area (Å²) in [6, 6.07) is 3.73. The summed E-state index contributed by atoms with van der Waals surface area (Å²) in [7, 11) is 3.33. The van der Waals surface area contributed by atoms with Crippen LogP contribution in [0.2, 0.25) is 0 Å². The number of hydrogen-bond acceptors (Lipinski definition) is 4. The first-order valence-corrected chi connectivity index (χ1v) is 8.99. The van der Waals surface area contributed by atoms with Crippen LogP contribution >= 0.6 is 24.0 Å². The molecule has 0 atom stereocenters. The van der Waals surface area contributed by atoms with Gasteiger partial charge in [0.2, 0.25) is 5.91 Å². The lowest BCUT2D eigenvalue weighted by atomic mass is 10.1. The van der Waals surface area contributed by atoms with Gasteiger partial charge in [0.25, 0.3) is 0 Å². The maximum Gasteiger partial charge on any atom is 0.233 e. The lowest BCUT2D eigenvalue weighted by Crippen LogP contribution is -2.50. The molecular weight excluding hydrogens is 483 g/mol. The van der Waals surface area contributed by atoms with Crippen molar-refractivity contribution in [2.45, 2.75) is 18.9 Å². The van der Waals surface area contributed by atoms with Crippen LogP contribution in [-0.2, 0) is 4.79 Å². The smallest absolute Gasteiger partial charge is 0.233 e. The molecule has 1 heterocycles. The number of nitrogens with one attached hydrogen (secondary N) is 3. The fourth-order valence-corrected chi connectivity index (χ4v) is 2.81. The fourth-order valence-electron chi connectivity index (χ4n) is 2.81. The lowest BCUT2D eigenvalue weighted by molar-refractivity contribution is -0.122. The Labute approximate surface area is 181 Å². The van der Waals surface area contributed by atoms with Gasteiger partial charge in [0.05, 0.1) is 13.1 Å². The van der Waals surface area contributed by atoms with Crippen molar-refractivity contribution >= 4 is 35.8 Å². The molecule has 1 aromatic rings. The van der Waals surface area contributed by atoms with Crippen LogP contribution in [0.25, 0.3) is 0 Å². The Morgan fingerprint density at radius 3 is 2.61 bits per heavy atom. The van der Waals surface area contributed by atoms with Gasteiger partial charge in [-0.25, -0.2) is 8.78 Å². The monoisotopic (exact) mass is 511 g/mol. The summed E-state index contributed by atoms with van der Waals surface area (Å²) in [6.45, 7) is 2.88. The quantitative estimate of drug-likeness (QED) is 0.223. The normalized spacial score (nSPS) is 15.5. The predicted molar refractivity (Wildman–Crippen MR) is 115 cm³/mol. The number of aliphatic imine (C=N–C) groups is 1. The zero-order valence-corrected chi connectivity index (χ0v) is 18.5. The summed E-state index contributed by atoms with van der Waals surface area (Å²) in [6.07, 6.45) is 1.84. The van der Waals surface area contributed by atoms with Crippen molar-refractivity contribution < 1.29 is 18.3 Å². The van der Waals surface area contributed by atoms with E-state index in [4.69, 9.17) is 4.74 Å². The van der Waals surface area contributed by atoms with E-state index in [1.807, 2.05) is 0 Å². The average Bonchev–Trinajstić information content (AvgIpc) is 2.68. The van der Waals surface area contributed by atoms with Crippen molar-refractivity contribution in [1.82, 2.24) is 20.9 Å². The SMILES string of the molecule is CN=C(NCCOc1ccc(F)c(F)c1)NC1CCN(CC(=O)NC)CC1.I. The van der Waals surface area contributed by atoms with Crippen molar-refractivity contribution in [3.8, 4) is 5.75 Å². The minimum atomic E-state index is -0.930. The Kier molecular flexibility index (Phi) is 11.0. The number of carbonyl (C=O) groups excluding carboxylic acids is 1. The summed E-state index contributed by atoms with van der Waals surface area (Å²) in [5.74, 6) is -0.858. The van der Waals surface area contributed by atoms with Crippen molar-refractivity contribution in [2.24, 2.45) is 4.99 Å². The third-order valence-electron chi connectivity index (χ3n) is 4.35. The first kappa shape index (κ1) is 24.3. The Morgan fingerprint density at radius 1 is 1.29 bits per heavy atom. The number of halogens is 3. The minimum Gasteiger partial charge on any atom is -0.492 e. The van der Waals surface area contributed by atoms with E-state index in [9.17, 15) is 13.6 Å². The van der Waals surface area contributed by atoms with E-state index in [0.29, 0.717) is 19.0 Å². The molecule has 2 rings (SSSR count). The number of rotatable bonds is 7. The van der Waals surface area contributed by atoms with Crippen LogP contribution < -0.4 is 20.7 Å². The van der Waals surface area contributed by atoms with Gasteiger partial charge in [-0.1, -0.05) is 0 Å². The second kappa shape index (κ2) is 12.7. The van der Waals surface area contributed by atoms with E-state index < -0.39 is 11.6 Å². The molecule has 158 valence electrons. The van der Waals surface area contributed by atoms with Crippen LogP contribution in [0.3, 0.4) is 0 Å². The number of likely N-dealkylation sites (tertiary alicyclic amines) is 1. The largest absolute Gasteiger partial charge is 0.492 e. The average molecular weight is 511 g/mol. The zero-order valence-electron chi connectivity index (χ0n) is 16.1. The van der Waals surface area contributed by atoms with Gasteiger partial charge < -0.3 is 20.7 Å². The van der Waals surface area contributed by atoms with E-state index in [1.54, 1.807) is 14.1 Å². The van der Waals surface area contributed by atoms with Gasteiger partial charge in [-0.2, -0.15) is 0 Å². The number of carbonyl (C=O) groups is 1. The second-order valence-corrected chi connectivity index (χ2v) is 6.29. The summed E-state index contributed by atoms with van der Waals surface area (Å²) in [4.78, 5) is 17.7. The third kappa shape index (κ3) is 8.13. The van der Waals surface area contributed by atoms with Crippen molar-refractivity contribution in [3.63, 3.8) is 0 Å². The number of benzene rings is 1. The molecule has 3 N–H and O–H groups in total. The van der Waals surface area contributed by atoms with E-state index in [1.165, 1.54) is 6.07 Å². The molecule has 0 saturated carbocycles. The number of ether oxygens (including phenoxy) is 1. The summed E-state index contributed by atoms with van der Waals surface area (Å²) >= 11 is 0. The Bertz CT molecular complexity index is 655. The maximum atomic E-state index is 13.1. The molecule has 0 aliphatic carbocycles. The Morgan fingerprint density at radius 2 is 2.00 bits per heavy atom.